The van der Waals surface area contributed by atoms with Crippen LogP contribution in [0.1, 0.15) is 54.0 Å². The highest BCUT2D eigenvalue weighted by Gasteiger charge is 2.27. The van der Waals surface area contributed by atoms with E-state index in [4.69, 9.17) is 0 Å². The van der Waals surface area contributed by atoms with Gasteiger partial charge in [0, 0.05) is 19.3 Å². The molecule has 2 atom stereocenters. The summed E-state index contributed by atoms with van der Waals surface area (Å²) in [7, 11) is 0. The minimum Gasteiger partial charge on any atom is -0.480 e. The van der Waals surface area contributed by atoms with Crippen LogP contribution >= 0.6 is 0 Å². The number of nitrogens with zero attached hydrogens (tertiary/aromatic N) is 1. The second-order valence-electron chi connectivity index (χ2n) is 5.98. The van der Waals surface area contributed by atoms with Gasteiger partial charge >= 0.3 is 5.97 Å². The Hall–Kier alpha value is -2.31. The van der Waals surface area contributed by atoms with Crippen LogP contribution < -0.4 is 5.32 Å². The van der Waals surface area contributed by atoms with Crippen molar-refractivity contribution in [3.8, 4) is 0 Å². The Balaban J connectivity index is 2.05. The number of carbonyl (C=O) groups is 3. The molecule has 0 aliphatic carbocycles. The van der Waals surface area contributed by atoms with Crippen molar-refractivity contribution in [1.82, 2.24) is 15.2 Å². The molecule has 0 saturated carbocycles. The van der Waals surface area contributed by atoms with E-state index in [1.54, 1.807) is 11.8 Å². The quantitative estimate of drug-likeness (QED) is 0.738. The molecule has 1 fully saturated rings. The van der Waals surface area contributed by atoms with Crippen LogP contribution in [0.2, 0.25) is 0 Å². The number of hydrogen-bond acceptors (Lipinski definition) is 3. The van der Waals surface area contributed by atoms with Gasteiger partial charge in [0.15, 0.2) is 0 Å². The van der Waals surface area contributed by atoms with Crippen molar-refractivity contribution >= 4 is 17.8 Å². The molecule has 1 aromatic heterocycles. The van der Waals surface area contributed by atoms with Gasteiger partial charge < -0.3 is 20.3 Å². The Morgan fingerprint density at radius 2 is 2.00 bits per heavy atom. The van der Waals surface area contributed by atoms with Crippen molar-refractivity contribution in [2.45, 2.75) is 39.2 Å². The van der Waals surface area contributed by atoms with Crippen molar-refractivity contribution in [3.05, 3.63) is 23.5 Å². The molecule has 3 N–H and O–H groups in total. The van der Waals surface area contributed by atoms with Crippen molar-refractivity contribution in [2.75, 3.05) is 13.1 Å². The number of likely N-dealkylation sites (tertiary alicyclic amines) is 1. The molecule has 1 aromatic rings. The molecule has 126 valence electrons. The summed E-state index contributed by atoms with van der Waals surface area (Å²) in [5, 5.41) is 11.7. The number of rotatable bonds is 6. The molecule has 7 heteroatoms. The van der Waals surface area contributed by atoms with E-state index >= 15 is 0 Å². The highest BCUT2D eigenvalue weighted by molar-refractivity contribution is 6.00. The van der Waals surface area contributed by atoms with Gasteiger partial charge in [0.2, 0.25) is 0 Å². The number of hydrogen-bond donors (Lipinski definition) is 3. The Morgan fingerprint density at radius 1 is 1.35 bits per heavy atom. The monoisotopic (exact) mass is 321 g/mol. The van der Waals surface area contributed by atoms with E-state index in [-0.39, 0.29) is 17.4 Å². The minimum atomic E-state index is -1.06. The van der Waals surface area contributed by atoms with Gasteiger partial charge in [0.05, 0.1) is 5.56 Å². The maximum Gasteiger partial charge on any atom is 0.326 e. The lowest BCUT2D eigenvalue weighted by molar-refractivity contribution is -0.140. The van der Waals surface area contributed by atoms with E-state index in [2.05, 4.69) is 10.3 Å². The normalized spacial score (nSPS) is 16.9. The van der Waals surface area contributed by atoms with Crippen LogP contribution in [0.15, 0.2) is 12.3 Å². The van der Waals surface area contributed by atoms with Crippen LogP contribution in [0.3, 0.4) is 0 Å². The van der Waals surface area contributed by atoms with Crippen LogP contribution in [0, 0.1) is 5.92 Å². The number of aliphatic carboxylic acids is 1. The maximum absolute atomic E-state index is 12.2. The van der Waals surface area contributed by atoms with Gasteiger partial charge in [0.1, 0.15) is 11.7 Å². The number of aromatic nitrogens is 1. The fourth-order valence-electron chi connectivity index (χ4n) is 2.65. The van der Waals surface area contributed by atoms with Crippen LogP contribution in [-0.2, 0) is 4.79 Å². The molecule has 1 aliphatic heterocycles. The highest BCUT2D eigenvalue weighted by Crippen LogP contribution is 2.14. The Labute approximate surface area is 135 Å². The van der Waals surface area contributed by atoms with Gasteiger partial charge in [-0.2, -0.15) is 0 Å². The molecule has 0 unspecified atom stereocenters. The van der Waals surface area contributed by atoms with E-state index in [9.17, 15) is 19.5 Å². The molecule has 7 nitrogen and oxygen atoms in total. The molecule has 1 saturated heterocycles. The van der Waals surface area contributed by atoms with Crippen LogP contribution in [0.4, 0.5) is 0 Å². The third-order valence-corrected chi connectivity index (χ3v) is 4.33. The smallest absolute Gasteiger partial charge is 0.326 e. The minimum absolute atomic E-state index is 0.127. The fourth-order valence-corrected chi connectivity index (χ4v) is 2.65. The lowest BCUT2D eigenvalue weighted by atomic mass is 9.99. The zero-order valence-corrected chi connectivity index (χ0v) is 13.5. The lowest BCUT2D eigenvalue weighted by Crippen LogP contribution is -2.44. The first-order valence-corrected chi connectivity index (χ1v) is 7.95. The molecule has 0 radical (unpaired) electrons. The number of carboxylic acid groups (broad SMARTS) is 1. The summed E-state index contributed by atoms with van der Waals surface area (Å²) in [4.78, 5) is 40.3. The third-order valence-electron chi connectivity index (χ3n) is 4.33. The molecule has 2 heterocycles. The Morgan fingerprint density at radius 3 is 2.57 bits per heavy atom. The van der Waals surface area contributed by atoms with Gasteiger partial charge in [-0.25, -0.2) is 4.79 Å². The predicted octanol–water partition coefficient (Wildman–Crippen LogP) is 1.48. The van der Waals surface area contributed by atoms with Gasteiger partial charge in [-0.15, -0.1) is 0 Å². The summed E-state index contributed by atoms with van der Waals surface area (Å²) in [5.74, 6) is -1.86. The van der Waals surface area contributed by atoms with Crippen LogP contribution in [0.25, 0.3) is 0 Å². The van der Waals surface area contributed by atoms with Crippen molar-refractivity contribution < 1.29 is 19.5 Å². The molecule has 23 heavy (non-hydrogen) atoms. The van der Waals surface area contributed by atoms with E-state index in [1.165, 1.54) is 12.3 Å². The first-order chi connectivity index (χ1) is 10.9. The standard InChI is InChI=1S/C16H23N3O4/c1-3-10(2)13(16(22)23)18-14(20)11-8-12(17-9-11)15(21)19-6-4-5-7-19/h8-10,13,17H,3-7H2,1-2H3,(H,18,20)(H,22,23)/t10-,13-/m0/s1. The molecule has 0 spiro atoms. The Kier molecular flexibility index (Phi) is 5.41. The number of aromatic amines is 1. The summed E-state index contributed by atoms with van der Waals surface area (Å²) in [6, 6.07) is 0.533. The average Bonchev–Trinajstić information content (AvgIpc) is 3.21. The van der Waals surface area contributed by atoms with Gasteiger partial charge in [-0.05, 0) is 24.8 Å². The highest BCUT2D eigenvalue weighted by atomic mass is 16.4. The first kappa shape index (κ1) is 17.1. The van der Waals surface area contributed by atoms with Gasteiger partial charge in [-0.3, -0.25) is 9.59 Å². The van der Waals surface area contributed by atoms with E-state index in [1.807, 2.05) is 6.92 Å². The molecule has 1 aliphatic rings. The summed E-state index contributed by atoms with van der Waals surface area (Å²) >= 11 is 0. The predicted molar refractivity (Wildman–Crippen MR) is 84.3 cm³/mol. The summed E-state index contributed by atoms with van der Waals surface area (Å²) in [6.07, 6.45) is 4.07. The second kappa shape index (κ2) is 7.30. The number of carboxylic acids is 1. The molecule has 2 rings (SSSR count). The number of carbonyl (C=O) groups excluding carboxylic acids is 2. The summed E-state index contributed by atoms with van der Waals surface area (Å²) in [5.41, 5.74) is 0.620. The number of amides is 2. The SMILES string of the molecule is CC[C@H](C)[C@H](NC(=O)c1c[nH]c(C(=O)N2CCCC2)c1)C(=O)O. The van der Waals surface area contributed by atoms with Crippen LogP contribution in [0.5, 0.6) is 0 Å². The zero-order chi connectivity index (χ0) is 17.0. The van der Waals surface area contributed by atoms with E-state index in [0.29, 0.717) is 12.1 Å². The number of H-pyrrole nitrogens is 1. The molecular weight excluding hydrogens is 298 g/mol. The molecule has 0 aromatic carbocycles. The number of nitrogens with one attached hydrogen (secondary N) is 2. The van der Waals surface area contributed by atoms with E-state index < -0.39 is 17.9 Å². The van der Waals surface area contributed by atoms with Crippen molar-refractivity contribution in [1.29, 1.82) is 0 Å². The molecular formula is C16H23N3O4. The summed E-state index contributed by atoms with van der Waals surface area (Å²) in [6.45, 7) is 5.11. The van der Waals surface area contributed by atoms with Crippen molar-refractivity contribution in [3.63, 3.8) is 0 Å². The summed E-state index contributed by atoms with van der Waals surface area (Å²) < 4.78 is 0. The van der Waals surface area contributed by atoms with Gasteiger partial charge in [0.25, 0.3) is 11.8 Å². The molecule has 2 amide bonds. The lowest BCUT2D eigenvalue weighted by Gasteiger charge is -2.19. The third kappa shape index (κ3) is 3.91. The van der Waals surface area contributed by atoms with E-state index in [0.717, 1.165) is 25.9 Å². The zero-order valence-electron chi connectivity index (χ0n) is 13.5. The average molecular weight is 321 g/mol. The Bertz CT molecular complexity index is 590. The fraction of sp³-hybridized carbons (Fsp3) is 0.562. The first-order valence-electron chi connectivity index (χ1n) is 7.95. The topological polar surface area (TPSA) is 103 Å². The second-order valence-corrected chi connectivity index (χ2v) is 5.98. The van der Waals surface area contributed by atoms with Crippen LogP contribution in [-0.4, -0.2) is 51.9 Å². The van der Waals surface area contributed by atoms with Crippen molar-refractivity contribution in [2.24, 2.45) is 5.92 Å². The van der Waals surface area contributed by atoms with Gasteiger partial charge in [-0.1, -0.05) is 20.3 Å². The molecule has 0 bridgehead atoms. The maximum atomic E-state index is 12.2. The largest absolute Gasteiger partial charge is 0.480 e.